The molecule has 0 radical (unpaired) electrons. The first-order valence-corrected chi connectivity index (χ1v) is 6.80. The lowest BCUT2D eigenvalue weighted by Crippen LogP contribution is -1.86. The zero-order valence-corrected chi connectivity index (χ0v) is 12.0. The number of hydrogen-bond acceptors (Lipinski definition) is 3. The van der Waals surface area contributed by atoms with E-state index in [-0.39, 0.29) is 5.75 Å². The van der Waals surface area contributed by atoms with Crippen LogP contribution in [0.15, 0.2) is 24.4 Å². The Morgan fingerprint density at radius 1 is 1.30 bits per heavy atom. The number of hydrogen-bond donors (Lipinski definition) is 2. The molecule has 5 heteroatoms. The second-order valence-electron chi connectivity index (χ2n) is 4.75. The smallest absolute Gasteiger partial charge is 0.177 e. The Morgan fingerprint density at radius 3 is 2.85 bits per heavy atom. The fourth-order valence-electron chi connectivity index (χ4n) is 2.24. The molecule has 3 rings (SSSR count). The third kappa shape index (κ3) is 2.12. The summed E-state index contributed by atoms with van der Waals surface area (Å²) in [5.74, 6) is 1.02. The lowest BCUT2D eigenvalue weighted by atomic mass is 10.0. The average Bonchev–Trinajstić information content (AvgIpc) is 2.84. The number of halogens is 1. The van der Waals surface area contributed by atoms with Crippen molar-refractivity contribution in [2.45, 2.75) is 20.3 Å². The van der Waals surface area contributed by atoms with Crippen molar-refractivity contribution < 1.29 is 5.11 Å². The van der Waals surface area contributed by atoms with Gasteiger partial charge in [-0.1, -0.05) is 18.5 Å². The molecule has 0 fully saturated rings. The Bertz CT molecular complexity index is 795. The van der Waals surface area contributed by atoms with Crippen LogP contribution in [-0.4, -0.2) is 20.1 Å². The minimum absolute atomic E-state index is 0.0942. The van der Waals surface area contributed by atoms with E-state index in [1.54, 1.807) is 18.3 Å². The highest BCUT2D eigenvalue weighted by Gasteiger charge is 2.10. The monoisotopic (exact) mass is 287 g/mol. The minimum Gasteiger partial charge on any atom is -0.506 e. The van der Waals surface area contributed by atoms with Gasteiger partial charge in [0, 0.05) is 18.2 Å². The zero-order chi connectivity index (χ0) is 14.3. The first-order valence-electron chi connectivity index (χ1n) is 6.42. The van der Waals surface area contributed by atoms with Crippen molar-refractivity contribution in [3.8, 4) is 16.9 Å². The predicted molar refractivity (Wildman–Crippen MR) is 80.1 cm³/mol. The van der Waals surface area contributed by atoms with Gasteiger partial charge >= 0.3 is 0 Å². The largest absolute Gasteiger partial charge is 0.506 e. The molecular formula is C15H14ClN3O. The minimum atomic E-state index is 0.0942. The molecule has 1 aromatic carbocycles. The molecule has 0 unspecified atom stereocenters. The Labute approximate surface area is 121 Å². The summed E-state index contributed by atoms with van der Waals surface area (Å²) in [5, 5.41) is 9.95. The second-order valence-corrected chi connectivity index (χ2v) is 5.16. The molecule has 0 saturated carbocycles. The highest BCUT2D eigenvalue weighted by Crippen LogP contribution is 2.33. The van der Waals surface area contributed by atoms with Crippen LogP contribution in [0.3, 0.4) is 0 Å². The second kappa shape index (κ2) is 4.80. The number of fused-ring (bicyclic) bond motifs is 1. The van der Waals surface area contributed by atoms with Gasteiger partial charge in [-0.2, -0.15) is 0 Å². The molecule has 0 bridgehead atoms. The molecule has 0 aliphatic rings. The Hall–Kier alpha value is -2.07. The Morgan fingerprint density at radius 2 is 2.10 bits per heavy atom. The first kappa shape index (κ1) is 12.9. The van der Waals surface area contributed by atoms with E-state index in [1.165, 1.54) is 0 Å². The summed E-state index contributed by atoms with van der Waals surface area (Å²) in [6.07, 6.45) is 2.62. The maximum Gasteiger partial charge on any atom is 0.177 e. The number of aromatic amines is 1. The van der Waals surface area contributed by atoms with Gasteiger partial charge in [0.05, 0.1) is 10.5 Å². The summed E-state index contributed by atoms with van der Waals surface area (Å²) in [4.78, 5) is 12.0. The number of aryl methyl sites for hydroxylation is 2. The normalized spacial score (nSPS) is 11.2. The molecule has 102 valence electrons. The van der Waals surface area contributed by atoms with Crippen LogP contribution >= 0.6 is 11.6 Å². The molecule has 0 saturated heterocycles. The van der Waals surface area contributed by atoms with Crippen LogP contribution in [0.5, 0.6) is 5.75 Å². The van der Waals surface area contributed by atoms with Crippen LogP contribution in [0, 0.1) is 6.92 Å². The van der Waals surface area contributed by atoms with Crippen molar-refractivity contribution in [3.05, 3.63) is 40.8 Å². The van der Waals surface area contributed by atoms with Crippen LogP contribution < -0.4 is 0 Å². The summed E-state index contributed by atoms with van der Waals surface area (Å²) >= 11 is 5.99. The van der Waals surface area contributed by atoms with Gasteiger partial charge in [-0.15, -0.1) is 0 Å². The van der Waals surface area contributed by atoms with Gasteiger partial charge in [-0.05, 0) is 36.2 Å². The zero-order valence-electron chi connectivity index (χ0n) is 11.2. The highest BCUT2D eigenvalue weighted by molar-refractivity contribution is 6.32. The number of pyridine rings is 1. The molecule has 0 aliphatic carbocycles. The number of nitrogens with zero attached hydrogens (tertiary/aromatic N) is 2. The lowest BCUT2D eigenvalue weighted by molar-refractivity contribution is 0.475. The van der Waals surface area contributed by atoms with Crippen LogP contribution in [0.2, 0.25) is 5.02 Å². The molecule has 0 aliphatic heterocycles. The summed E-state index contributed by atoms with van der Waals surface area (Å²) in [6.45, 7) is 3.97. The number of nitrogens with one attached hydrogen (secondary N) is 1. The van der Waals surface area contributed by atoms with Gasteiger partial charge in [0.25, 0.3) is 0 Å². The maximum atomic E-state index is 9.61. The quantitative estimate of drug-likeness (QED) is 0.752. The number of phenols is 1. The van der Waals surface area contributed by atoms with Crippen molar-refractivity contribution >= 4 is 22.8 Å². The third-order valence-electron chi connectivity index (χ3n) is 3.33. The van der Waals surface area contributed by atoms with Crippen LogP contribution in [0.25, 0.3) is 22.3 Å². The molecule has 0 atom stereocenters. The molecular weight excluding hydrogens is 274 g/mol. The molecule has 2 aromatic heterocycles. The topological polar surface area (TPSA) is 61.8 Å². The van der Waals surface area contributed by atoms with Crippen molar-refractivity contribution in [1.82, 2.24) is 15.0 Å². The van der Waals surface area contributed by atoms with Gasteiger partial charge in [-0.25, -0.2) is 9.97 Å². The lowest BCUT2D eigenvalue weighted by Gasteiger charge is -2.07. The number of phenolic OH excluding ortho intramolecular Hbond substituents is 1. The third-order valence-corrected chi connectivity index (χ3v) is 3.63. The Balaban J connectivity index is 2.16. The number of H-pyrrole nitrogens is 1. The number of aromatic hydroxyl groups is 1. The van der Waals surface area contributed by atoms with Gasteiger partial charge in [0.15, 0.2) is 5.65 Å². The summed E-state index contributed by atoms with van der Waals surface area (Å²) < 4.78 is 0. The van der Waals surface area contributed by atoms with Crippen LogP contribution in [0.1, 0.15) is 18.3 Å². The molecule has 0 spiro atoms. The summed E-state index contributed by atoms with van der Waals surface area (Å²) in [5.41, 5.74) is 4.47. The molecule has 2 heterocycles. The highest BCUT2D eigenvalue weighted by atomic mass is 35.5. The molecule has 4 nitrogen and oxygen atoms in total. The van der Waals surface area contributed by atoms with E-state index < -0.39 is 0 Å². The Kier molecular flexibility index (Phi) is 3.10. The number of aromatic nitrogens is 3. The fourth-order valence-corrected chi connectivity index (χ4v) is 2.41. The van der Waals surface area contributed by atoms with E-state index in [4.69, 9.17) is 11.6 Å². The molecule has 20 heavy (non-hydrogen) atoms. The summed E-state index contributed by atoms with van der Waals surface area (Å²) in [6, 6.07) is 5.42. The fraction of sp³-hybridized carbons (Fsp3) is 0.200. The maximum absolute atomic E-state index is 9.61. The number of rotatable bonds is 2. The van der Waals surface area contributed by atoms with E-state index in [1.807, 2.05) is 19.9 Å². The molecule has 2 N–H and O–H groups in total. The van der Waals surface area contributed by atoms with E-state index in [0.29, 0.717) is 10.7 Å². The van der Waals surface area contributed by atoms with Gasteiger partial charge < -0.3 is 10.1 Å². The average molecular weight is 288 g/mol. The summed E-state index contributed by atoms with van der Waals surface area (Å²) in [7, 11) is 0. The first-order chi connectivity index (χ1) is 9.58. The van der Waals surface area contributed by atoms with Crippen molar-refractivity contribution in [3.63, 3.8) is 0 Å². The number of benzene rings is 1. The van der Waals surface area contributed by atoms with Gasteiger partial charge in [-0.3, -0.25) is 0 Å². The number of imidazole rings is 1. The molecule has 3 aromatic rings. The van der Waals surface area contributed by atoms with Gasteiger partial charge in [0.2, 0.25) is 0 Å². The van der Waals surface area contributed by atoms with Crippen LogP contribution in [-0.2, 0) is 6.42 Å². The predicted octanol–water partition coefficient (Wildman–Crippen LogP) is 3.85. The van der Waals surface area contributed by atoms with E-state index in [9.17, 15) is 5.11 Å². The molecule has 0 amide bonds. The van der Waals surface area contributed by atoms with Crippen LogP contribution in [0.4, 0.5) is 0 Å². The van der Waals surface area contributed by atoms with E-state index >= 15 is 0 Å². The van der Waals surface area contributed by atoms with E-state index in [2.05, 4.69) is 15.0 Å². The van der Waals surface area contributed by atoms with Crippen molar-refractivity contribution in [2.75, 3.05) is 0 Å². The SMILES string of the molecule is CCc1nc2ncc(-c3cc(Cl)c(O)cc3C)cc2[nH]1. The van der Waals surface area contributed by atoms with Crippen molar-refractivity contribution in [2.24, 2.45) is 0 Å². The standard InChI is InChI=1S/C15H14ClN3O/c1-3-14-18-12-5-9(7-17-15(12)19-14)10-6-11(16)13(20)4-8(10)2/h4-7,20H,3H2,1-2H3,(H,17,18,19). The van der Waals surface area contributed by atoms with Crippen molar-refractivity contribution in [1.29, 1.82) is 0 Å². The van der Waals surface area contributed by atoms with Gasteiger partial charge in [0.1, 0.15) is 11.6 Å². The van der Waals surface area contributed by atoms with E-state index in [0.717, 1.165) is 34.5 Å².